The van der Waals surface area contributed by atoms with E-state index in [0.29, 0.717) is 12.6 Å². The van der Waals surface area contributed by atoms with E-state index in [-0.39, 0.29) is 33.0 Å². The SMILES string of the molecule is CCN1CCC[C@H]1CN[11C](=O)c1c(OC)c(Cl)cc(Cl)c1OC. The number of nitrogens with zero attached hydrogens (tertiary/aromatic N) is 1. The normalized spacial score (nSPS) is 18.0. The van der Waals surface area contributed by atoms with Gasteiger partial charge in [0.25, 0.3) is 5.91 Å². The van der Waals surface area contributed by atoms with E-state index in [2.05, 4.69) is 17.1 Å². The van der Waals surface area contributed by atoms with Crippen molar-refractivity contribution in [3.8, 4) is 11.5 Å². The third-order valence-corrected chi connectivity index (χ3v) is 4.74. The molecule has 5 nitrogen and oxygen atoms in total. The number of carbonyl (C=O) groups excluding carboxylic acids is 1. The summed E-state index contributed by atoms with van der Waals surface area (Å²) in [4.78, 5) is 15.0. The van der Waals surface area contributed by atoms with Crippen LogP contribution in [0.4, 0.5) is 0 Å². The molecule has 0 aliphatic carbocycles. The van der Waals surface area contributed by atoms with E-state index < -0.39 is 0 Å². The minimum Gasteiger partial charge on any atom is -0.494 e. The molecule has 1 aliphatic rings. The summed E-state index contributed by atoms with van der Waals surface area (Å²) in [6, 6.07) is 1.86. The van der Waals surface area contributed by atoms with Gasteiger partial charge in [-0.25, -0.2) is 0 Å². The van der Waals surface area contributed by atoms with Crippen LogP contribution in [0.1, 0.15) is 30.1 Å². The van der Waals surface area contributed by atoms with E-state index in [9.17, 15) is 4.79 Å². The van der Waals surface area contributed by atoms with Crippen LogP contribution >= 0.6 is 23.2 Å². The third kappa shape index (κ3) is 3.84. The highest BCUT2D eigenvalue weighted by atomic mass is 35.5. The van der Waals surface area contributed by atoms with Gasteiger partial charge in [-0.1, -0.05) is 30.1 Å². The van der Waals surface area contributed by atoms with Gasteiger partial charge in [0.05, 0.1) is 24.3 Å². The summed E-state index contributed by atoms with van der Waals surface area (Å²) in [6.45, 7) is 4.76. The van der Waals surface area contributed by atoms with Gasteiger partial charge in [-0.3, -0.25) is 9.69 Å². The van der Waals surface area contributed by atoms with Crippen molar-refractivity contribution >= 4 is 29.1 Å². The largest absolute Gasteiger partial charge is 0.494 e. The Morgan fingerprint density at radius 1 is 1.30 bits per heavy atom. The number of nitrogens with one attached hydrogen (secondary N) is 1. The number of likely N-dealkylation sites (N-methyl/N-ethyl adjacent to an activating group) is 1. The summed E-state index contributed by atoms with van der Waals surface area (Å²) in [6.07, 6.45) is 2.24. The number of likely N-dealkylation sites (tertiary alicyclic amines) is 1. The molecule has 0 spiro atoms. The number of hydrogen-bond acceptors (Lipinski definition) is 4. The van der Waals surface area contributed by atoms with Crippen LogP contribution in [0, 0.1) is 0 Å². The highest BCUT2D eigenvalue weighted by molar-refractivity contribution is 6.37. The summed E-state index contributed by atoms with van der Waals surface area (Å²) in [5.41, 5.74) is 0.230. The van der Waals surface area contributed by atoms with Crippen LogP contribution in [0.2, 0.25) is 10.0 Å². The first kappa shape index (κ1) is 18.2. The quantitative estimate of drug-likeness (QED) is 0.846. The summed E-state index contributed by atoms with van der Waals surface area (Å²) in [7, 11) is 2.92. The van der Waals surface area contributed by atoms with Crippen molar-refractivity contribution in [1.82, 2.24) is 10.2 Å². The van der Waals surface area contributed by atoms with Crippen molar-refractivity contribution in [1.29, 1.82) is 0 Å². The Bertz CT molecular complexity index is 553. The van der Waals surface area contributed by atoms with E-state index >= 15 is 0 Å². The number of benzene rings is 1. The topological polar surface area (TPSA) is 50.8 Å². The predicted molar refractivity (Wildman–Crippen MR) is 92.2 cm³/mol. The van der Waals surface area contributed by atoms with Gasteiger partial charge < -0.3 is 14.8 Å². The number of carbonyl (C=O) groups is 1. The van der Waals surface area contributed by atoms with Gasteiger partial charge >= 0.3 is 0 Å². The van der Waals surface area contributed by atoms with Crippen LogP contribution in [0.15, 0.2) is 6.07 Å². The highest BCUT2D eigenvalue weighted by Crippen LogP contribution is 2.40. The molecule has 1 heterocycles. The van der Waals surface area contributed by atoms with Gasteiger partial charge in [-0.15, -0.1) is 0 Å². The summed E-state index contributed by atoms with van der Waals surface area (Å²) in [5.74, 6) is 0.236. The minimum atomic E-state index is -0.300. The zero-order valence-corrected chi connectivity index (χ0v) is 15.1. The molecular weight excluding hydrogens is 338 g/mol. The van der Waals surface area contributed by atoms with Crippen molar-refractivity contribution in [3.05, 3.63) is 21.7 Å². The molecule has 0 saturated carbocycles. The van der Waals surface area contributed by atoms with Crippen LogP contribution < -0.4 is 14.8 Å². The molecule has 2 rings (SSSR count). The molecule has 1 N–H and O–H groups in total. The Kier molecular flexibility index (Phi) is 6.39. The average Bonchev–Trinajstić information content (AvgIpc) is 2.99. The molecule has 1 atom stereocenters. The van der Waals surface area contributed by atoms with Crippen LogP contribution in [0.25, 0.3) is 0 Å². The lowest BCUT2D eigenvalue weighted by Gasteiger charge is -2.23. The first-order valence-electron chi connectivity index (χ1n) is 7.65. The summed E-state index contributed by atoms with van der Waals surface area (Å²) >= 11 is 12.3. The Hall–Kier alpha value is -1.17. The Balaban J connectivity index is 2.21. The summed E-state index contributed by atoms with van der Waals surface area (Å²) < 4.78 is 10.5. The molecule has 1 fully saturated rings. The number of rotatable bonds is 6. The van der Waals surface area contributed by atoms with E-state index in [0.717, 1.165) is 25.9 Å². The third-order valence-electron chi connectivity index (χ3n) is 4.18. The molecule has 0 bridgehead atoms. The zero-order chi connectivity index (χ0) is 17.0. The Morgan fingerprint density at radius 3 is 2.43 bits per heavy atom. The van der Waals surface area contributed by atoms with Crippen molar-refractivity contribution in [2.24, 2.45) is 0 Å². The van der Waals surface area contributed by atoms with Crippen molar-refractivity contribution in [2.75, 3.05) is 33.9 Å². The first-order valence-corrected chi connectivity index (χ1v) is 8.41. The maximum atomic E-state index is 12.7. The lowest BCUT2D eigenvalue weighted by Crippen LogP contribution is -2.40. The average molecular weight is 360 g/mol. The van der Waals surface area contributed by atoms with E-state index in [1.165, 1.54) is 20.3 Å². The number of halogens is 2. The monoisotopic (exact) mass is 359 g/mol. The van der Waals surface area contributed by atoms with Crippen LogP contribution in [0.3, 0.4) is 0 Å². The first-order chi connectivity index (χ1) is 11.0. The van der Waals surface area contributed by atoms with Crippen molar-refractivity contribution in [3.63, 3.8) is 0 Å². The highest BCUT2D eigenvalue weighted by Gasteiger charge is 2.27. The lowest BCUT2D eigenvalue weighted by molar-refractivity contribution is 0.0935. The Morgan fingerprint density at radius 2 is 1.91 bits per heavy atom. The molecule has 128 valence electrons. The van der Waals surface area contributed by atoms with Gasteiger partial charge in [-0.05, 0) is 32.0 Å². The molecule has 1 amide bonds. The number of amides is 1. The maximum absolute atomic E-state index is 12.7. The maximum Gasteiger partial charge on any atom is 0.259 e. The molecule has 7 heteroatoms. The predicted octanol–water partition coefficient (Wildman–Crippen LogP) is 3.22. The van der Waals surface area contributed by atoms with E-state index in [1.54, 1.807) is 0 Å². The molecule has 1 aromatic rings. The van der Waals surface area contributed by atoms with Crippen LogP contribution in [0.5, 0.6) is 11.5 Å². The van der Waals surface area contributed by atoms with Crippen LogP contribution in [-0.2, 0) is 0 Å². The van der Waals surface area contributed by atoms with Crippen molar-refractivity contribution in [2.45, 2.75) is 25.8 Å². The number of ether oxygens (including phenoxy) is 2. The molecular formula is C16H22Cl2N2O3. The second-order valence-electron chi connectivity index (χ2n) is 5.42. The molecule has 0 aromatic heterocycles. The molecule has 1 saturated heterocycles. The zero-order valence-electron chi connectivity index (χ0n) is 13.6. The standard InChI is InChI=1S/C16H22Cl2N2O3/c1-4-20-7-5-6-10(20)9-19-16(21)13-14(22-2)11(17)8-12(18)15(13)23-3/h8,10H,4-7,9H2,1-3H3,(H,19,21)/t10-/m0/s1/i16-1. The van der Waals surface area contributed by atoms with Gasteiger partial charge in [0.2, 0.25) is 0 Å². The fourth-order valence-electron chi connectivity index (χ4n) is 3.03. The van der Waals surface area contributed by atoms with E-state index in [4.69, 9.17) is 32.7 Å². The number of methoxy groups -OCH3 is 2. The molecule has 0 unspecified atom stereocenters. The molecule has 23 heavy (non-hydrogen) atoms. The van der Waals surface area contributed by atoms with Crippen molar-refractivity contribution < 1.29 is 14.3 Å². The fraction of sp³-hybridized carbons (Fsp3) is 0.562. The van der Waals surface area contributed by atoms with Gasteiger partial charge in [-0.2, -0.15) is 0 Å². The minimum absolute atomic E-state index is 0.230. The van der Waals surface area contributed by atoms with Gasteiger partial charge in [0, 0.05) is 12.6 Å². The second-order valence-corrected chi connectivity index (χ2v) is 6.23. The molecule has 1 aromatic carbocycles. The summed E-state index contributed by atoms with van der Waals surface area (Å²) in [5, 5.41) is 3.51. The smallest absolute Gasteiger partial charge is 0.259 e. The lowest BCUT2D eigenvalue weighted by atomic mass is 9.86. The molecule has 1 aliphatic heterocycles. The molecule has 0 radical (unpaired) electrons. The van der Waals surface area contributed by atoms with E-state index in [1.807, 2.05) is 0 Å². The second kappa shape index (κ2) is 8.08. The number of hydrogen-bond donors (Lipinski definition) is 1. The van der Waals surface area contributed by atoms with Gasteiger partial charge in [0.1, 0.15) is 5.56 Å². The fourth-order valence-corrected chi connectivity index (χ4v) is 3.65. The van der Waals surface area contributed by atoms with Gasteiger partial charge in [0.15, 0.2) is 11.5 Å². The Labute approximate surface area is 146 Å². The van der Waals surface area contributed by atoms with Crippen LogP contribution in [-0.4, -0.2) is 50.7 Å².